The van der Waals surface area contributed by atoms with Gasteiger partial charge in [0.2, 0.25) is 0 Å². The lowest BCUT2D eigenvalue weighted by Crippen LogP contribution is -2.27. The molecule has 1 aliphatic rings. The number of hydrogen-bond acceptors (Lipinski definition) is 5. The predicted octanol–water partition coefficient (Wildman–Crippen LogP) is 2.79. The number of nitrogens with one attached hydrogen (secondary N) is 1. The molecule has 0 aromatic carbocycles. The Morgan fingerprint density at radius 1 is 1.29 bits per heavy atom. The van der Waals surface area contributed by atoms with E-state index in [2.05, 4.69) is 34.0 Å². The van der Waals surface area contributed by atoms with E-state index in [9.17, 15) is 0 Å². The van der Waals surface area contributed by atoms with Crippen molar-refractivity contribution in [1.82, 2.24) is 20.1 Å². The molecule has 0 unspecified atom stereocenters. The van der Waals surface area contributed by atoms with Crippen LogP contribution in [0.2, 0.25) is 0 Å². The van der Waals surface area contributed by atoms with Gasteiger partial charge >= 0.3 is 0 Å². The van der Waals surface area contributed by atoms with Crippen LogP contribution >= 0.6 is 11.3 Å². The number of ether oxygens (including phenoxy) is 1. The summed E-state index contributed by atoms with van der Waals surface area (Å²) >= 11 is 1.77. The van der Waals surface area contributed by atoms with E-state index >= 15 is 0 Å². The Bertz CT molecular complexity index is 770. The molecule has 1 atom stereocenters. The fraction of sp³-hybridized carbons (Fsp3) is 0.333. The Kier molecular flexibility index (Phi) is 4.69. The Morgan fingerprint density at radius 3 is 3.12 bits per heavy atom. The summed E-state index contributed by atoms with van der Waals surface area (Å²) in [5.41, 5.74) is 3.38. The third-order valence-corrected chi connectivity index (χ3v) is 5.00. The summed E-state index contributed by atoms with van der Waals surface area (Å²) in [4.78, 5) is 5.71. The summed E-state index contributed by atoms with van der Waals surface area (Å²) in [7, 11) is 0. The maximum Gasteiger partial charge on any atom is 0.114 e. The fourth-order valence-corrected chi connectivity index (χ4v) is 3.64. The minimum absolute atomic E-state index is 0.0266. The lowest BCUT2D eigenvalue weighted by Gasteiger charge is -2.22. The third kappa shape index (κ3) is 3.56. The standard InChI is InChI=1S/C18H20N4OS/c1-2-7-20-15(4-1)13-22-12-14-6-8-23-17(18(14)21-22)11-19-10-16-5-3-9-24-16/h1-5,7,9,12,17,19H,6,8,10-11,13H2/t17-/m0/s1. The zero-order valence-electron chi connectivity index (χ0n) is 13.4. The van der Waals surface area contributed by atoms with Gasteiger partial charge in [-0.1, -0.05) is 12.1 Å². The van der Waals surface area contributed by atoms with Gasteiger partial charge in [0.25, 0.3) is 0 Å². The van der Waals surface area contributed by atoms with Crippen LogP contribution in [0.15, 0.2) is 48.1 Å². The minimum Gasteiger partial charge on any atom is -0.370 e. The van der Waals surface area contributed by atoms with Crippen molar-refractivity contribution in [2.45, 2.75) is 25.6 Å². The van der Waals surface area contributed by atoms with Gasteiger partial charge < -0.3 is 10.1 Å². The van der Waals surface area contributed by atoms with Crippen LogP contribution < -0.4 is 5.32 Å². The normalized spacial score (nSPS) is 16.9. The van der Waals surface area contributed by atoms with Crippen molar-refractivity contribution < 1.29 is 4.74 Å². The topological polar surface area (TPSA) is 52.0 Å². The molecule has 0 amide bonds. The van der Waals surface area contributed by atoms with E-state index in [0.717, 1.165) is 37.5 Å². The van der Waals surface area contributed by atoms with Crippen molar-refractivity contribution >= 4 is 11.3 Å². The van der Waals surface area contributed by atoms with Gasteiger partial charge in [0, 0.05) is 30.4 Å². The highest BCUT2D eigenvalue weighted by atomic mass is 32.1. The summed E-state index contributed by atoms with van der Waals surface area (Å²) in [6, 6.07) is 10.2. The van der Waals surface area contributed by atoms with Gasteiger partial charge in [0.15, 0.2) is 0 Å². The largest absolute Gasteiger partial charge is 0.370 e. The Balaban J connectivity index is 1.42. The number of hydrogen-bond donors (Lipinski definition) is 1. The van der Waals surface area contributed by atoms with Gasteiger partial charge in [-0.05, 0) is 35.6 Å². The molecule has 4 rings (SSSR count). The van der Waals surface area contributed by atoms with Crippen LogP contribution in [0.5, 0.6) is 0 Å². The van der Waals surface area contributed by atoms with E-state index in [4.69, 9.17) is 9.84 Å². The van der Waals surface area contributed by atoms with E-state index in [0.29, 0.717) is 6.54 Å². The van der Waals surface area contributed by atoms with Crippen LogP contribution in [0.4, 0.5) is 0 Å². The zero-order valence-corrected chi connectivity index (χ0v) is 14.2. The van der Waals surface area contributed by atoms with Gasteiger partial charge in [0.05, 0.1) is 24.5 Å². The predicted molar refractivity (Wildman–Crippen MR) is 94.0 cm³/mol. The second-order valence-corrected chi connectivity index (χ2v) is 6.91. The summed E-state index contributed by atoms with van der Waals surface area (Å²) in [5.74, 6) is 0. The quantitative estimate of drug-likeness (QED) is 0.750. The first-order valence-corrected chi connectivity index (χ1v) is 9.07. The highest BCUT2D eigenvalue weighted by molar-refractivity contribution is 7.09. The van der Waals surface area contributed by atoms with Crippen LogP contribution in [-0.4, -0.2) is 27.9 Å². The average molecular weight is 340 g/mol. The smallest absolute Gasteiger partial charge is 0.114 e. The molecule has 0 saturated carbocycles. The van der Waals surface area contributed by atoms with Gasteiger partial charge in [-0.3, -0.25) is 9.67 Å². The lowest BCUT2D eigenvalue weighted by atomic mass is 10.1. The minimum atomic E-state index is 0.0266. The monoisotopic (exact) mass is 340 g/mol. The van der Waals surface area contributed by atoms with Crippen LogP contribution in [0.25, 0.3) is 0 Å². The summed E-state index contributed by atoms with van der Waals surface area (Å²) in [6.45, 7) is 3.11. The zero-order chi connectivity index (χ0) is 16.2. The Hall–Kier alpha value is -2.02. The molecular formula is C18H20N4OS. The van der Waals surface area contributed by atoms with Gasteiger partial charge in [0.1, 0.15) is 6.10 Å². The second kappa shape index (κ2) is 7.25. The van der Waals surface area contributed by atoms with Crippen molar-refractivity contribution in [3.05, 3.63) is 69.9 Å². The molecule has 1 N–H and O–H groups in total. The van der Waals surface area contributed by atoms with E-state index in [1.54, 1.807) is 11.3 Å². The van der Waals surface area contributed by atoms with Crippen molar-refractivity contribution in [2.75, 3.05) is 13.2 Å². The van der Waals surface area contributed by atoms with E-state index in [-0.39, 0.29) is 6.10 Å². The van der Waals surface area contributed by atoms with Crippen LogP contribution in [0, 0.1) is 0 Å². The first-order chi connectivity index (χ1) is 11.9. The molecule has 1 aliphatic heterocycles. The number of thiophene rings is 1. The average Bonchev–Trinajstić information content (AvgIpc) is 3.25. The first-order valence-electron chi connectivity index (χ1n) is 8.19. The van der Waals surface area contributed by atoms with Gasteiger partial charge in [-0.25, -0.2) is 0 Å². The van der Waals surface area contributed by atoms with Crippen LogP contribution in [0.3, 0.4) is 0 Å². The molecule has 0 saturated heterocycles. The summed E-state index contributed by atoms with van der Waals surface area (Å²) in [6.07, 6.45) is 4.91. The molecule has 3 aromatic rings. The van der Waals surface area contributed by atoms with Crippen molar-refractivity contribution in [3.63, 3.8) is 0 Å². The maximum absolute atomic E-state index is 5.94. The highest BCUT2D eigenvalue weighted by Gasteiger charge is 2.24. The molecule has 6 heteroatoms. The SMILES string of the molecule is c1ccc(Cn2cc3c(n2)[C@H](CNCc2cccs2)OCC3)nc1. The fourth-order valence-electron chi connectivity index (χ4n) is 2.97. The molecule has 24 heavy (non-hydrogen) atoms. The summed E-state index contributed by atoms with van der Waals surface area (Å²) < 4.78 is 7.92. The molecule has 0 radical (unpaired) electrons. The Morgan fingerprint density at radius 2 is 2.29 bits per heavy atom. The number of pyridine rings is 1. The molecule has 124 valence electrons. The molecule has 5 nitrogen and oxygen atoms in total. The van der Waals surface area contributed by atoms with Crippen molar-refractivity contribution in [1.29, 1.82) is 0 Å². The molecule has 0 fully saturated rings. The number of fused-ring (bicyclic) bond motifs is 1. The van der Waals surface area contributed by atoms with Crippen molar-refractivity contribution in [2.24, 2.45) is 0 Å². The number of rotatable bonds is 6. The lowest BCUT2D eigenvalue weighted by molar-refractivity contribution is 0.0393. The van der Waals surface area contributed by atoms with E-state index in [1.165, 1.54) is 10.4 Å². The van der Waals surface area contributed by atoms with Crippen molar-refractivity contribution in [3.8, 4) is 0 Å². The second-order valence-electron chi connectivity index (χ2n) is 5.88. The third-order valence-electron chi connectivity index (χ3n) is 4.12. The number of aromatic nitrogens is 3. The maximum atomic E-state index is 5.94. The summed E-state index contributed by atoms with van der Waals surface area (Å²) in [5, 5.41) is 10.3. The molecule has 0 aliphatic carbocycles. The van der Waals surface area contributed by atoms with E-state index in [1.807, 2.05) is 29.1 Å². The molecular weight excluding hydrogens is 320 g/mol. The molecule has 4 heterocycles. The molecule has 0 spiro atoms. The van der Waals surface area contributed by atoms with Gasteiger partial charge in [-0.2, -0.15) is 5.10 Å². The highest BCUT2D eigenvalue weighted by Crippen LogP contribution is 2.25. The first kappa shape index (κ1) is 15.5. The molecule has 3 aromatic heterocycles. The van der Waals surface area contributed by atoms with Crippen LogP contribution in [-0.2, 0) is 24.2 Å². The molecule has 0 bridgehead atoms. The van der Waals surface area contributed by atoms with E-state index < -0.39 is 0 Å². The Labute approximate surface area is 145 Å². The van der Waals surface area contributed by atoms with Gasteiger partial charge in [-0.15, -0.1) is 11.3 Å². The van der Waals surface area contributed by atoms with Crippen LogP contribution in [0.1, 0.15) is 27.9 Å². The number of nitrogens with zero attached hydrogens (tertiary/aromatic N) is 3.